The van der Waals surface area contributed by atoms with Gasteiger partial charge in [-0.2, -0.15) is 13.2 Å². The van der Waals surface area contributed by atoms with Crippen LogP contribution in [-0.4, -0.2) is 13.3 Å². The molecule has 1 nitrogen and oxygen atoms in total. The molecule has 34 heavy (non-hydrogen) atoms. The second kappa shape index (κ2) is 11.8. The average molecular weight is 513 g/mol. The molecule has 0 heterocycles. The van der Waals surface area contributed by atoms with Gasteiger partial charge in [0.05, 0.1) is 5.56 Å². The van der Waals surface area contributed by atoms with Gasteiger partial charge in [-0.25, -0.2) is 39.5 Å². The van der Waals surface area contributed by atoms with E-state index in [0.29, 0.717) is 12.8 Å². The van der Waals surface area contributed by atoms with E-state index in [0.717, 1.165) is 6.54 Å². The molecule has 0 amide bonds. The first kappa shape index (κ1) is 29.6. The highest BCUT2D eigenvalue weighted by molar-refractivity contribution is 5.73. The zero-order chi connectivity index (χ0) is 26.5. The lowest BCUT2D eigenvalue weighted by Crippen LogP contribution is -2.19. The van der Waals surface area contributed by atoms with Gasteiger partial charge in [0.1, 0.15) is 12.4 Å². The summed E-state index contributed by atoms with van der Waals surface area (Å²) in [6.45, 7) is 5.05. The predicted octanol–water partition coefficient (Wildman–Crippen LogP) is 7.73. The molecule has 13 heteroatoms. The van der Waals surface area contributed by atoms with Crippen LogP contribution in [0.2, 0.25) is 0 Å². The Labute approximate surface area is 186 Å². The molecule has 0 aliphatic carbocycles. The fraction of sp³-hybridized carbons (Fsp3) is 0.429. The average Bonchev–Trinajstić information content (AvgIpc) is 2.76. The van der Waals surface area contributed by atoms with Crippen LogP contribution in [0.15, 0.2) is 0 Å². The lowest BCUT2D eigenvalue weighted by molar-refractivity contribution is -0.139. The van der Waals surface area contributed by atoms with Crippen LogP contribution in [-0.2, 0) is 6.18 Å². The third-order valence-electron chi connectivity index (χ3n) is 4.67. The SMILES string of the molecule is CCCC(C)CNCF.Cc1c(F)c(F)c(F)c(C(F)(F)F)c1-c1c(F)c(F)c(F)c(F)c1F. The standard InChI is InChI=1S/C14H3F11.C7H16FN/c1-2-3(4-7(16)11(20)13(22)12(21)8(4)17)5(14(23,24)25)9(18)10(19)6(2)15;1-3-4-7(2)5-9-6-8/h1H3;7,9H,3-6H2,1-2H3. The normalized spacial score (nSPS) is 12.4. The van der Waals surface area contributed by atoms with Crippen LogP contribution in [0.3, 0.4) is 0 Å². The Balaban J connectivity index is 0.000000546. The maximum Gasteiger partial charge on any atom is 0.419 e. The third kappa shape index (κ3) is 6.16. The van der Waals surface area contributed by atoms with Crippen molar-refractivity contribution in [1.29, 1.82) is 0 Å². The second-order valence-electron chi connectivity index (χ2n) is 7.24. The van der Waals surface area contributed by atoms with Crippen LogP contribution in [0.25, 0.3) is 11.1 Å². The molecule has 1 atom stereocenters. The lowest BCUT2D eigenvalue weighted by Gasteiger charge is -2.19. The Morgan fingerprint density at radius 2 is 1.15 bits per heavy atom. The van der Waals surface area contributed by atoms with Crippen LogP contribution in [0.4, 0.5) is 52.7 Å². The highest BCUT2D eigenvalue weighted by Crippen LogP contribution is 2.45. The molecule has 2 rings (SSSR count). The molecule has 2 aromatic carbocycles. The summed E-state index contributed by atoms with van der Waals surface area (Å²) in [6.07, 6.45) is -3.46. The van der Waals surface area contributed by atoms with Gasteiger partial charge in [0, 0.05) is 12.1 Å². The summed E-state index contributed by atoms with van der Waals surface area (Å²) in [5.74, 6) is -20.6. The Bertz CT molecular complexity index is 988. The summed E-state index contributed by atoms with van der Waals surface area (Å²) in [7, 11) is 0. The highest BCUT2D eigenvalue weighted by atomic mass is 19.4. The van der Waals surface area contributed by atoms with Gasteiger partial charge in [0.15, 0.2) is 40.7 Å². The molecular weight excluding hydrogens is 494 g/mol. The zero-order valence-corrected chi connectivity index (χ0v) is 17.9. The summed E-state index contributed by atoms with van der Waals surface area (Å²) in [6, 6.07) is 0. The Morgan fingerprint density at radius 1 is 0.706 bits per heavy atom. The quantitative estimate of drug-likeness (QED) is 0.180. The van der Waals surface area contributed by atoms with E-state index < -0.39 is 81.8 Å². The van der Waals surface area contributed by atoms with Crippen molar-refractivity contribution in [3.05, 3.63) is 57.7 Å². The van der Waals surface area contributed by atoms with Gasteiger partial charge in [-0.3, -0.25) is 5.32 Å². The summed E-state index contributed by atoms with van der Waals surface area (Å²) >= 11 is 0. The molecule has 1 unspecified atom stereocenters. The Hall–Kier alpha value is -2.44. The first-order valence-corrected chi connectivity index (χ1v) is 9.65. The first-order chi connectivity index (χ1) is 15.6. The highest BCUT2D eigenvalue weighted by Gasteiger charge is 2.43. The number of nitrogens with one attached hydrogen (secondary N) is 1. The molecule has 0 saturated heterocycles. The summed E-state index contributed by atoms with van der Waals surface area (Å²) in [5.41, 5.74) is -8.45. The van der Waals surface area contributed by atoms with Crippen molar-refractivity contribution < 1.29 is 52.7 Å². The minimum Gasteiger partial charge on any atom is -0.290 e. The topological polar surface area (TPSA) is 12.0 Å². The molecule has 0 radical (unpaired) electrons. The largest absolute Gasteiger partial charge is 0.419 e. The molecular formula is C21H19F12N. The number of hydrogen-bond donors (Lipinski definition) is 1. The van der Waals surface area contributed by atoms with Crippen LogP contribution < -0.4 is 5.32 Å². The molecule has 0 aliphatic heterocycles. The van der Waals surface area contributed by atoms with Crippen molar-refractivity contribution >= 4 is 0 Å². The number of halogens is 12. The van der Waals surface area contributed by atoms with Gasteiger partial charge in [0.25, 0.3) is 0 Å². The van der Waals surface area contributed by atoms with E-state index in [1.165, 1.54) is 12.8 Å². The van der Waals surface area contributed by atoms with Crippen molar-refractivity contribution in [3.8, 4) is 11.1 Å². The van der Waals surface area contributed by atoms with E-state index in [1.54, 1.807) is 0 Å². The fourth-order valence-corrected chi connectivity index (χ4v) is 3.08. The Kier molecular flexibility index (Phi) is 10.3. The van der Waals surface area contributed by atoms with Gasteiger partial charge in [-0.15, -0.1) is 0 Å². The monoisotopic (exact) mass is 513 g/mol. The third-order valence-corrected chi connectivity index (χ3v) is 4.67. The minimum atomic E-state index is -5.83. The van der Waals surface area contributed by atoms with Gasteiger partial charge in [0.2, 0.25) is 5.82 Å². The maximum atomic E-state index is 13.8. The van der Waals surface area contributed by atoms with Crippen LogP contribution in [0.5, 0.6) is 0 Å². The van der Waals surface area contributed by atoms with Crippen LogP contribution in [0, 0.1) is 59.4 Å². The molecule has 0 bridgehead atoms. The van der Waals surface area contributed by atoms with Crippen molar-refractivity contribution in [2.75, 3.05) is 13.3 Å². The molecule has 1 N–H and O–H groups in total. The van der Waals surface area contributed by atoms with Gasteiger partial charge < -0.3 is 0 Å². The van der Waals surface area contributed by atoms with Gasteiger partial charge in [-0.05, 0) is 24.8 Å². The zero-order valence-electron chi connectivity index (χ0n) is 17.9. The molecule has 0 saturated carbocycles. The van der Waals surface area contributed by atoms with Crippen LogP contribution >= 0.6 is 0 Å². The summed E-state index contributed by atoms with van der Waals surface area (Å²) < 4.78 is 158. The molecule has 0 aliphatic rings. The fourth-order valence-electron chi connectivity index (χ4n) is 3.08. The maximum absolute atomic E-state index is 13.8. The van der Waals surface area contributed by atoms with Gasteiger partial charge in [-0.1, -0.05) is 20.3 Å². The molecule has 0 spiro atoms. The number of hydrogen-bond acceptors (Lipinski definition) is 1. The van der Waals surface area contributed by atoms with Crippen molar-refractivity contribution in [2.45, 2.75) is 39.8 Å². The van der Waals surface area contributed by atoms with Crippen molar-refractivity contribution in [2.24, 2.45) is 5.92 Å². The van der Waals surface area contributed by atoms with Gasteiger partial charge >= 0.3 is 6.18 Å². The first-order valence-electron chi connectivity index (χ1n) is 9.65. The summed E-state index contributed by atoms with van der Waals surface area (Å²) in [4.78, 5) is 0. The molecule has 0 aromatic heterocycles. The number of benzene rings is 2. The van der Waals surface area contributed by atoms with E-state index in [4.69, 9.17) is 0 Å². The molecule has 2 aromatic rings. The Morgan fingerprint density at radius 3 is 1.56 bits per heavy atom. The number of alkyl halides is 4. The van der Waals surface area contributed by atoms with Crippen molar-refractivity contribution in [1.82, 2.24) is 5.32 Å². The van der Waals surface area contributed by atoms with E-state index in [1.807, 2.05) is 0 Å². The number of rotatable bonds is 6. The molecule has 192 valence electrons. The van der Waals surface area contributed by atoms with Crippen molar-refractivity contribution in [3.63, 3.8) is 0 Å². The van der Waals surface area contributed by atoms with Crippen LogP contribution in [0.1, 0.15) is 37.8 Å². The summed E-state index contributed by atoms with van der Waals surface area (Å²) in [5, 5.41) is 2.67. The van der Waals surface area contributed by atoms with E-state index in [9.17, 15) is 52.7 Å². The van der Waals surface area contributed by atoms with E-state index in [-0.39, 0.29) is 0 Å². The lowest BCUT2D eigenvalue weighted by atomic mass is 9.92. The minimum absolute atomic E-state index is 0.362. The predicted molar refractivity (Wildman–Crippen MR) is 99.3 cm³/mol. The van der Waals surface area contributed by atoms with E-state index >= 15 is 0 Å². The molecule has 0 fully saturated rings. The van der Waals surface area contributed by atoms with E-state index in [2.05, 4.69) is 19.2 Å². The smallest absolute Gasteiger partial charge is 0.290 e. The second-order valence-corrected chi connectivity index (χ2v) is 7.24.